The number of benzene rings is 1. The number of hydrogen-bond donors (Lipinski definition) is 0. The maximum absolute atomic E-state index is 12.5. The van der Waals surface area contributed by atoms with Gasteiger partial charge in [-0.15, -0.1) is 0 Å². The summed E-state index contributed by atoms with van der Waals surface area (Å²) in [6, 6.07) is 2.72. The van der Waals surface area contributed by atoms with Gasteiger partial charge in [-0.3, -0.25) is 0 Å². The predicted molar refractivity (Wildman–Crippen MR) is 52.2 cm³/mol. The molecule has 78 valence electrons. The van der Waals surface area contributed by atoms with E-state index in [9.17, 15) is 8.78 Å². The summed E-state index contributed by atoms with van der Waals surface area (Å²) in [6.45, 7) is 0. The summed E-state index contributed by atoms with van der Waals surface area (Å²) in [7, 11) is 2.80. The minimum Gasteiger partial charge on any atom is -0.496 e. The third-order valence-corrected chi connectivity index (χ3v) is 2.36. The molecule has 0 amide bonds. The number of hydrogen-bond acceptors (Lipinski definition) is 2. The lowest BCUT2D eigenvalue weighted by molar-refractivity contribution is 0.147. The van der Waals surface area contributed by atoms with E-state index in [1.807, 2.05) is 0 Å². The molecule has 0 saturated heterocycles. The lowest BCUT2D eigenvalue weighted by atomic mass is 10.2. The van der Waals surface area contributed by atoms with Crippen molar-refractivity contribution in [3.05, 3.63) is 22.2 Å². The van der Waals surface area contributed by atoms with E-state index < -0.39 is 6.43 Å². The van der Waals surface area contributed by atoms with E-state index in [4.69, 9.17) is 9.47 Å². The molecule has 0 radical (unpaired) electrons. The van der Waals surface area contributed by atoms with Gasteiger partial charge in [-0.05, 0) is 22.0 Å². The van der Waals surface area contributed by atoms with Gasteiger partial charge in [0.15, 0.2) is 0 Å². The van der Waals surface area contributed by atoms with Crippen LogP contribution in [0.25, 0.3) is 0 Å². The SMILES string of the molecule is COc1cc(OC)c(C(F)F)cc1Br. The number of methoxy groups -OCH3 is 2. The van der Waals surface area contributed by atoms with Crippen LogP contribution < -0.4 is 9.47 Å². The Hall–Kier alpha value is -0.840. The van der Waals surface area contributed by atoms with Crippen LogP contribution in [0.4, 0.5) is 8.78 Å². The van der Waals surface area contributed by atoms with Crippen molar-refractivity contribution in [1.29, 1.82) is 0 Å². The Morgan fingerprint density at radius 2 is 1.71 bits per heavy atom. The van der Waals surface area contributed by atoms with Crippen LogP contribution in [-0.4, -0.2) is 14.2 Å². The minimum atomic E-state index is -2.56. The van der Waals surface area contributed by atoms with E-state index in [1.165, 1.54) is 26.4 Å². The standard InChI is InChI=1S/C9H9BrF2O2/c1-13-7-4-8(14-2)6(10)3-5(7)9(11)12/h3-4,9H,1-2H3. The van der Waals surface area contributed by atoms with E-state index in [1.54, 1.807) is 0 Å². The van der Waals surface area contributed by atoms with E-state index in [2.05, 4.69) is 15.9 Å². The van der Waals surface area contributed by atoms with E-state index in [0.29, 0.717) is 10.2 Å². The Bertz CT molecular complexity index is 329. The van der Waals surface area contributed by atoms with Crippen LogP contribution in [0.15, 0.2) is 16.6 Å². The Morgan fingerprint density at radius 1 is 1.14 bits per heavy atom. The second kappa shape index (κ2) is 4.59. The van der Waals surface area contributed by atoms with Gasteiger partial charge < -0.3 is 9.47 Å². The van der Waals surface area contributed by atoms with Gasteiger partial charge in [-0.25, -0.2) is 8.78 Å². The lowest BCUT2D eigenvalue weighted by Gasteiger charge is -2.11. The van der Waals surface area contributed by atoms with E-state index in [-0.39, 0.29) is 11.3 Å². The summed E-state index contributed by atoms with van der Waals surface area (Å²) >= 11 is 3.13. The highest BCUT2D eigenvalue weighted by Crippen LogP contribution is 2.37. The molecule has 14 heavy (non-hydrogen) atoms. The zero-order valence-corrected chi connectivity index (χ0v) is 9.27. The fourth-order valence-corrected chi connectivity index (χ4v) is 1.58. The predicted octanol–water partition coefficient (Wildman–Crippen LogP) is 3.40. The number of halogens is 3. The number of rotatable bonds is 3. The van der Waals surface area contributed by atoms with Crippen molar-refractivity contribution in [2.24, 2.45) is 0 Å². The van der Waals surface area contributed by atoms with Crippen molar-refractivity contribution in [2.45, 2.75) is 6.43 Å². The minimum absolute atomic E-state index is 0.125. The van der Waals surface area contributed by atoms with Gasteiger partial charge in [-0.1, -0.05) is 0 Å². The summed E-state index contributed by atoms with van der Waals surface area (Å²) in [5.41, 5.74) is -0.153. The highest BCUT2D eigenvalue weighted by Gasteiger charge is 2.16. The van der Waals surface area contributed by atoms with Crippen molar-refractivity contribution in [3.8, 4) is 11.5 Å². The summed E-state index contributed by atoms with van der Waals surface area (Å²) < 4.78 is 35.2. The van der Waals surface area contributed by atoms with Crippen LogP contribution in [0.1, 0.15) is 12.0 Å². The molecule has 2 nitrogen and oxygen atoms in total. The molecule has 0 aliphatic heterocycles. The van der Waals surface area contributed by atoms with Gasteiger partial charge in [0.1, 0.15) is 11.5 Å². The summed E-state index contributed by atoms with van der Waals surface area (Å²) in [4.78, 5) is 0. The van der Waals surface area contributed by atoms with Gasteiger partial charge in [0, 0.05) is 6.07 Å². The van der Waals surface area contributed by atoms with E-state index >= 15 is 0 Å². The normalized spacial score (nSPS) is 10.4. The zero-order chi connectivity index (χ0) is 10.7. The highest BCUT2D eigenvalue weighted by molar-refractivity contribution is 9.10. The van der Waals surface area contributed by atoms with Gasteiger partial charge in [-0.2, -0.15) is 0 Å². The first-order valence-corrected chi connectivity index (χ1v) is 4.59. The first-order chi connectivity index (χ1) is 6.60. The molecule has 1 aromatic carbocycles. The van der Waals surface area contributed by atoms with Gasteiger partial charge in [0.25, 0.3) is 6.43 Å². The number of ether oxygens (including phenoxy) is 2. The average molecular weight is 267 g/mol. The van der Waals surface area contributed by atoms with Crippen LogP contribution in [-0.2, 0) is 0 Å². The van der Waals surface area contributed by atoms with Crippen LogP contribution in [0.2, 0.25) is 0 Å². The Labute approximate surface area is 89.0 Å². The molecule has 0 aromatic heterocycles. The van der Waals surface area contributed by atoms with Crippen molar-refractivity contribution >= 4 is 15.9 Å². The van der Waals surface area contributed by atoms with Crippen molar-refractivity contribution in [3.63, 3.8) is 0 Å². The zero-order valence-electron chi connectivity index (χ0n) is 7.68. The molecular formula is C9H9BrF2O2. The molecule has 1 aromatic rings. The smallest absolute Gasteiger partial charge is 0.267 e. The Balaban J connectivity index is 3.24. The van der Waals surface area contributed by atoms with Gasteiger partial charge in [0.05, 0.1) is 24.3 Å². The Morgan fingerprint density at radius 3 is 2.14 bits per heavy atom. The molecule has 0 fully saturated rings. The molecular weight excluding hydrogens is 258 g/mol. The largest absolute Gasteiger partial charge is 0.496 e. The molecule has 1 rings (SSSR count). The molecule has 5 heteroatoms. The van der Waals surface area contributed by atoms with Gasteiger partial charge >= 0.3 is 0 Å². The summed E-state index contributed by atoms with van der Waals surface area (Å²) in [5, 5.41) is 0. The molecule has 0 saturated carbocycles. The molecule has 0 unspecified atom stereocenters. The molecule has 0 heterocycles. The second-order valence-corrected chi connectivity index (χ2v) is 3.38. The molecule has 0 aliphatic rings. The quantitative estimate of drug-likeness (QED) is 0.835. The fourth-order valence-electron chi connectivity index (χ4n) is 1.05. The molecule has 0 atom stereocenters. The summed E-state index contributed by atoms with van der Waals surface area (Å²) in [6.07, 6.45) is -2.56. The first kappa shape index (κ1) is 11.2. The second-order valence-electron chi connectivity index (χ2n) is 2.53. The maximum atomic E-state index is 12.5. The van der Waals surface area contributed by atoms with Crippen LogP contribution in [0, 0.1) is 0 Å². The summed E-state index contributed by atoms with van der Waals surface area (Å²) in [5.74, 6) is 0.589. The fraction of sp³-hybridized carbons (Fsp3) is 0.333. The molecule has 0 N–H and O–H groups in total. The highest BCUT2D eigenvalue weighted by atomic mass is 79.9. The Kier molecular flexibility index (Phi) is 3.69. The van der Waals surface area contributed by atoms with Crippen LogP contribution in [0.3, 0.4) is 0 Å². The van der Waals surface area contributed by atoms with Crippen molar-refractivity contribution in [1.82, 2.24) is 0 Å². The third kappa shape index (κ3) is 2.15. The average Bonchev–Trinajstić information content (AvgIpc) is 2.17. The molecule has 0 spiro atoms. The lowest BCUT2D eigenvalue weighted by Crippen LogP contribution is -1.94. The van der Waals surface area contributed by atoms with Crippen molar-refractivity contribution < 1.29 is 18.3 Å². The van der Waals surface area contributed by atoms with E-state index in [0.717, 1.165) is 0 Å². The van der Waals surface area contributed by atoms with Crippen molar-refractivity contribution in [2.75, 3.05) is 14.2 Å². The first-order valence-electron chi connectivity index (χ1n) is 3.79. The monoisotopic (exact) mass is 266 g/mol. The number of alkyl halides is 2. The topological polar surface area (TPSA) is 18.5 Å². The van der Waals surface area contributed by atoms with Gasteiger partial charge in [0.2, 0.25) is 0 Å². The molecule has 0 bridgehead atoms. The van der Waals surface area contributed by atoms with Crippen LogP contribution in [0.5, 0.6) is 11.5 Å². The third-order valence-electron chi connectivity index (χ3n) is 1.74. The maximum Gasteiger partial charge on any atom is 0.267 e. The molecule has 0 aliphatic carbocycles. The van der Waals surface area contributed by atoms with Crippen LogP contribution >= 0.6 is 15.9 Å².